The van der Waals surface area contributed by atoms with E-state index in [1.165, 1.54) is 0 Å². The van der Waals surface area contributed by atoms with E-state index in [0.717, 1.165) is 22.0 Å². The average Bonchev–Trinajstić information content (AvgIpc) is 2.95. The Morgan fingerprint density at radius 2 is 2.30 bits per heavy atom. The number of nitrogens with one attached hydrogen (secondary N) is 1. The lowest BCUT2D eigenvalue weighted by atomic mass is 9.79. The maximum absolute atomic E-state index is 12.1. The molecule has 0 aliphatic carbocycles. The van der Waals surface area contributed by atoms with Crippen molar-refractivity contribution in [1.82, 2.24) is 4.98 Å². The first-order chi connectivity index (χ1) is 11.0. The molecule has 0 radical (unpaired) electrons. The second-order valence-corrected chi connectivity index (χ2v) is 6.22. The van der Waals surface area contributed by atoms with Gasteiger partial charge < -0.3 is 14.8 Å². The molecule has 120 valence electrons. The molecule has 0 spiro atoms. The fourth-order valence-corrected chi connectivity index (χ4v) is 3.61. The molecule has 0 saturated heterocycles. The Bertz CT molecular complexity index is 831. The number of fused-ring (bicyclic) bond motifs is 3. The third kappa shape index (κ3) is 1.98. The topological polar surface area (TPSA) is 86.1 Å². The van der Waals surface area contributed by atoms with Crippen molar-refractivity contribution in [2.24, 2.45) is 5.92 Å². The minimum atomic E-state index is -1.37. The molecule has 0 saturated carbocycles. The van der Waals surface area contributed by atoms with Crippen LogP contribution in [0, 0.1) is 24.2 Å². The van der Waals surface area contributed by atoms with Gasteiger partial charge in [0.25, 0.3) is 0 Å². The Hall–Kier alpha value is -2.32. The van der Waals surface area contributed by atoms with E-state index >= 15 is 0 Å². The molecule has 0 bridgehead atoms. The summed E-state index contributed by atoms with van der Waals surface area (Å²) in [6, 6.07) is 5.91. The standard InChI is InChI=1S/C18H20N2O3/c1-4-11(3)18(17(21)22)16-13(7-8-23-18)14-12(9-19)6-5-10(2)15(14)20-16/h5-6,11,20H,4,7-8H2,1-3H3,(H,21,22). The first kappa shape index (κ1) is 15.6. The number of aryl methyl sites for hydroxylation is 1. The maximum Gasteiger partial charge on any atom is 0.342 e. The van der Waals surface area contributed by atoms with Gasteiger partial charge in [0, 0.05) is 11.3 Å². The van der Waals surface area contributed by atoms with Gasteiger partial charge in [-0.2, -0.15) is 5.26 Å². The summed E-state index contributed by atoms with van der Waals surface area (Å²) in [6.07, 6.45) is 1.30. The molecule has 1 aliphatic rings. The Morgan fingerprint density at radius 1 is 1.57 bits per heavy atom. The van der Waals surface area contributed by atoms with Gasteiger partial charge in [-0.1, -0.05) is 19.9 Å². The van der Waals surface area contributed by atoms with Crippen LogP contribution in [0.15, 0.2) is 12.1 Å². The van der Waals surface area contributed by atoms with Gasteiger partial charge in [-0.15, -0.1) is 0 Å². The number of hydrogen-bond acceptors (Lipinski definition) is 3. The number of rotatable bonds is 3. The quantitative estimate of drug-likeness (QED) is 0.911. The number of nitrogens with zero attached hydrogens (tertiary/aromatic N) is 1. The Labute approximate surface area is 134 Å². The van der Waals surface area contributed by atoms with Crippen LogP contribution in [0.25, 0.3) is 10.9 Å². The normalized spacial score (nSPS) is 21.7. The number of carboxylic acids is 1. The minimum absolute atomic E-state index is 0.182. The van der Waals surface area contributed by atoms with Gasteiger partial charge in [-0.05, 0) is 37.0 Å². The molecule has 2 unspecified atom stereocenters. The summed E-state index contributed by atoms with van der Waals surface area (Å²) in [5, 5.41) is 20.2. The van der Waals surface area contributed by atoms with Crippen molar-refractivity contribution < 1.29 is 14.6 Å². The number of aromatic amines is 1. The fraction of sp³-hybridized carbons (Fsp3) is 0.444. The van der Waals surface area contributed by atoms with Crippen molar-refractivity contribution in [3.63, 3.8) is 0 Å². The van der Waals surface area contributed by atoms with Crippen LogP contribution in [0.3, 0.4) is 0 Å². The highest BCUT2D eigenvalue weighted by atomic mass is 16.5. The molecule has 5 heteroatoms. The van der Waals surface area contributed by atoms with Crippen molar-refractivity contribution >= 4 is 16.9 Å². The molecular formula is C18H20N2O3. The summed E-state index contributed by atoms with van der Waals surface area (Å²) in [4.78, 5) is 15.4. The predicted octanol–water partition coefficient (Wildman–Crippen LogP) is 3.25. The highest BCUT2D eigenvalue weighted by Gasteiger charge is 2.51. The smallest absolute Gasteiger partial charge is 0.342 e. The number of carbonyl (C=O) groups is 1. The molecule has 2 N–H and O–H groups in total. The highest BCUT2D eigenvalue weighted by molar-refractivity contribution is 5.95. The SMILES string of the molecule is CCC(C)C1(C(=O)O)OCCc2c1[nH]c1c(C)ccc(C#N)c21. The molecule has 2 atom stereocenters. The van der Waals surface area contributed by atoms with E-state index in [1.807, 2.05) is 26.8 Å². The molecule has 1 aromatic carbocycles. The van der Waals surface area contributed by atoms with Gasteiger partial charge in [0.15, 0.2) is 0 Å². The summed E-state index contributed by atoms with van der Waals surface area (Å²) in [5.41, 5.74) is 2.56. The molecule has 0 fully saturated rings. The lowest BCUT2D eigenvalue weighted by Gasteiger charge is -2.38. The third-order valence-electron chi connectivity index (χ3n) is 5.06. The number of hydrogen-bond donors (Lipinski definition) is 2. The van der Waals surface area contributed by atoms with E-state index < -0.39 is 11.6 Å². The van der Waals surface area contributed by atoms with Crippen molar-refractivity contribution in [3.8, 4) is 6.07 Å². The van der Waals surface area contributed by atoms with Crippen molar-refractivity contribution in [3.05, 3.63) is 34.5 Å². The van der Waals surface area contributed by atoms with Crippen LogP contribution in [0.2, 0.25) is 0 Å². The van der Waals surface area contributed by atoms with Crippen molar-refractivity contribution in [2.45, 2.75) is 39.2 Å². The molecule has 1 aliphatic heterocycles. The van der Waals surface area contributed by atoms with Gasteiger partial charge in [0.05, 0.1) is 29.5 Å². The van der Waals surface area contributed by atoms with Crippen molar-refractivity contribution in [2.75, 3.05) is 6.61 Å². The molecule has 3 rings (SSSR count). The molecule has 23 heavy (non-hydrogen) atoms. The Morgan fingerprint density at radius 3 is 2.91 bits per heavy atom. The fourth-order valence-electron chi connectivity index (χ4n) is 3.61. The number of aromatic nitrogens is 1. The van der Waals surface area contributed by atoms with Crippen LogP contribution in [-0.4, -0.2) is 22.7 Å². The van der Waals surface area contributed by atoms with E-state index in [0.29, 0.717) is 30.7 Å². The van der Waals surface area contributed by atoms with E-state index in [4.69, 9.17) is 4.74 Å². The van der Waals surface area contributed by atoms with E-state index in [9.17, 15) is 15.2 Å². The summed E-state index contributed by atoms with van der Waals surface area (Å²) in [7, 11) is 0. The van der Waals surface area contributed by atoms with Crippen LogP contribution < -0.4 is 0 Å². The van der Waals surface area contributed by atoms with Crippen LogP contribution >= 0.6 is 0 Å². The van der Waals surface area contributed by atoms with Gasteiger partial charge in [-0.25, -0.2) is 4.79 Å². The Kier molecular flexibility index (Phi) is 3.65. The second kappa shape index (κ2) is 5.39. The number of benzene rings is 1. The minimum Gasteiger partial charge on any atom is -0.479 e. The van der Waals surface area contributed by atoms with Gasteiger partial charge >= 0.3 is 5.97 Å². The van der Waals surface area contributed by atoms with E-state index in [-0.39, 0.29) is 5.92 Å². The van der Waals surface area contributed by atoms with Crippen LogP contribution in [0.1, 0.15) is 42.7 Å². The largest absolute Gasteiger partial charge is 0.479 e. The molecule has 0 amide bonds. The average molecular weight is 312 g/mol. The summed E-state index contributed by atoms with van der Waals surface area (Å²) >= 11 is 0. The maximum atomic E-state index is 12.1. The Balaban J connectivity index is 2.41. The monoisotopic (exact) mass is 312 g/mol. The summed E-state index contributed by atoms with van der Waals surface area (Å²) < 4.78 is 5.84. The third-order valence-corrected chi connectivity index (χ3v) is 5.06. The molecule has 2 aromatic rings. The first-order valence-corrected chi connectivity index (χ1v) is 7.89. The molecule has 5 nitrogen and oxygen atoms in total. The predicted molar refractivity (Wildman–Crippen MR) is 86.2 cm³/mol. The van der Waals surface area contributed by atoms with Crippen LogP contribution in [-0.2, 0) is 21.6 Å². The van der Waals surface area contributed by atoms with E-state index in [2.05, 4.69) is 11.1 Å². The van der Waals surface area contributed by atoms with Gasteiger partial charge in [-0.3, -0.25) is 0 Å². The molecule has 2 heterocycles. The molecule has 1 aromatic heterocycles. The lowest BCUT2D eigenvalue weighted by molar-refractivity contribution is -0.179. The van der Waals surface area contributed by atoms with E-state index in [1.54, 1.807) is 6.07 Å². The van der Waals surface area contributed by atoms with Gasteiger partial charge in [0.2, 0.25) is 5.60 Å². The van der Waals surface area contributed by atoms with Crippen LogP contribution in [0.5, 0.6) is 0 Å². The zero-order valence-corrected chi connectivity index (χ0v) is 13.6. The number of nitriles is 1. The van der Waals surface area contributed by atoms with Crippen molar-refractivity contribution in [1.29, 1.82) is 5.26 Å². The number of aliphatic carboxylic acids is 1. The number of ether oxygens (including phenoxy) is 1. The number of H-pyrrole nitrogens is 1. The lowest BCUT2D eigenvalue weighted by Crippen LogP contribution is -2.48. The number of carboxylic acid groups (broad SMARTS) is 1. The zero-order valence-electron chi connectivity index (χ0n) is 13.6. The van der Waals surface area contributed by atoms with Gasteiger partial charge in [0.1, 0.15) is 0 Å². The second-order valence-electron chi connectivity index (χ2n) is 6.22. The molecular weight excluding hydrogens is 292 g/mol. The summed E-state index contributed by atoms with van der Waals surface area (Å²) in [6.45, 7) is 6.15. The first-order valence-electron chi connectivity index (χ1n) is 7.89. The zero-order chi connectivity index (χ0) is 16.8. The summed E-state index contributed by atoms with van der Waals surface area (Å²) in [5.74, 6) is -1.16. The van der Waals surface area contributed by atoms with Crippen LogP contribution in [0.4, 0.5) is 0 Å². The highest BCUT2D eigenvalue weighted by Crippen LogP contribution is 2.44.